The van der Waals surface area contributed by atoms with E-state index in [9.17, 15) is 5.21 Å². The largest absolute Gasteiger partial charge is 0.456 e. The van der Waals surface area contributed by atoms with Crippen molar-refractivity contribution in [3.05, 3.63) is 65.0 Å². The first kappa shape index (κ1) is 12.5. The second-order valence-electron chi connectivity index (χ2n) is 4.96. The number of fused-ring (bicyclic) bond motifs is 1. The van der Waals surface area contributed by atoms with Crippen LogP contribution < -0.4 is 5.36 Å². The Labute approximate surface area is 116 Å². The number of hydrogen-bond acceptors (Lipinski definition) is 3. The second kappa shape index (κ2) is 4.85. The molecular formula is C17H15NO2. The zero-order valence-corrected chi connectivity index (χ0v) is 11.4. The van der Waals surface area contributed by atoms with E-state index >= 15 is 0 Å². The van der Waals surface area contributed by atoms with Crippen LogP contribution in [0.15, 0.2) is 58.1 Å². The normalized spacial score (nSPS) is 12.0. The molecular weight excluding hydrogens is 250 g/mol. The van der Waals surface area contributed by atoms with E-state index in [-0.39, 0.29) is 0 Å². The van der Waals surface area contributed by atoms with E-state index in [0.29, 0.717) is 16.7 Å². The van der Waals surface area contributed by atoms with Crippen LogP contribution in [0.5, 0.6) is 0 Å². The summed E-state index contributed by atoms with van der Waals surface area (Å²) in [5, 5.41) is 13.9. The lowest BCUT2D eigenvalue weighted by Crippen LogP contribution is -2.03. The maximum absolute atomic E-state index is 9.23. The minimum Gasteiger partial charge on any atom is -0.456 e. The Hall–Kier alpha value is -2.55. The summed E-state index contributed by atoms with van der Waals surface area (Å²) in [6.07, 6.45) is 0. The van der Waals surface area contributed by atoms with Crippen molar-refractivity contribution in [2.24, 2.45) is 5.16 Å². The minimum absolute atomic E-state index is 0.519. The van der Waals surface area contributed by atoms with Gasteiger partial charge in [-0.05, 0) is 26.0 Å². The maximum Gasteiger partial charge on any atom is 0.137 e. The predicted octanol–water partition coefficient (Wildman–Crippen LogP) is 4.01. The smallest absolute Gasteiger partial charge is 0.137 e. The van der Waals surface area contributed by atoms with Crippen LogP contribution in [0.1, 0.15) is 11.1 Å². The maximum atomic E-state index is 9.23. The van der Waals surface area contributed by atoms with Crippen molar-refractivity contribution in [1.82, 2.24) is 0 Å². The zero-order valence-electron chi connectivity index (χ0n) is 11.4. The number of benzene rings is 2. The molecule has 0 saturated carbocycles. The standard InChI is InChI=1S/C17H15NO2/c1-11-3-6-13(7-4-11)17-10-15(18-19)14-9-12(2)5-8-16(14)20-17/h3-10,19H,1-2H3/b18-15-. The Kier molecular flexibility index (Phi) is 3.03. The van der Waals surface area contributed by atoms with Crippen molar-refractivity contribution < 1.29 is 9.62 Å². The fourth-order valence-corrected chi connectivity index (χ4v) is 2.23. The molecule has 1 aromatic heterocycles. The van der Waals surface area contributed by atoms with Crippen molar-refractivity contribution in [2.45, 2.75) is 13.8 Å². The summed E-state index contributed by atoms with van der Waals surface area (Å²) in [5.41, 5.74) is 3.96. The summed E-state index contributed by atoms with van der Waals surface area (Å²) in [6, 6.07) is 15.6. The summed E-state index contributed by atoms with van der Waals surface area (Å²) in [6.45, 7) is 4.03. The van der Waals surface area contributed by atoms with Gasteiger partial charge in [0.2, 0.25) is 0 Å². The highest BCUT2D eigenvalue weighted by atomic mass is 16.4. The number of aryl methyl sites for hydroxylation is 2. The second-order valence-corrected chi connectivity index (χ2v) is 4.96. The molecule has 3 rings (SSSR count). The summed E-state index contributed by atoms with van der Waals surface area (Å²) >= 11 is 0. The molecule has 0 unspecified atom stereocenters. The highest BCUT2D eigenvalue weighted by molar-refractivity contribution is 5.79. The highest BCUT2D eigenvalue weighted by Crippen LogP contribution is 2.23. The Morgan fingerprint density at radius 2 is 1.60 bits per heavy atom. The molecule has 0 atom stereocenters. The van der Waals surface area contributed by atoms with Gasteiger partial charge in [0.25, 0.3) is 0 Å². The van der Waals surface area contributed by atoms with Crippen LogP contribution in [-0.2, 0) is 0 Å². The van der Waals surface area contributed by atoms with Gasteiger partial charge in [0.1, 0.15) is 16.7 Å². The van der Waals surface area contributed by atoms with Crippen molar-refractivity contribution in [2.75, 3.05) is 0 Å². The van der Waals surface area contributed by atoms with Crippen LogP contribution in [0.3, 0.4) is 0 Å². The third-order valence-electron chi connectivity index (χ3n) is 3.34. The Bertz CT molecular complexity index is 830. The first-order valence-electron chi connectivity index (χ1n) is 6.47. The lowest BCUT2D eigenvalue weighted by Gasteiger charge is -2.05. The Morgan fingerprint density at radius 3 is 2.30 bits per heavy atom. The van der Waals surface area contributed by atoms with Crippen LogP contribution in [0.2, 0.25) is 0 Å². The molecule has 100 valence electrons. The third kappa shape index (κ3) is 2.18. The summed E-state index contributed by atoms with van der Waals surface area (Å²) in [4.78, 5) is 0. The molecule has 0 aliphatic heterocycles. The number of hydrogen-bond donors (Lipinski definition) is 1. The quantitative estimate of drug-likeness (QED) is 0.534. The van der Waals surface area contributed by atoms with E-state index < -0.39 is 0 Å². The van der Waals surface area contributed by atoms with Gasteiger partial charge < -0.3 is 9.62 Å². The molecule has 3 aromatic rings. The summed E-state index contributed by atoms with van der Waals surface area (Å²) in [7, 11) is 0. The molecule has 0 radical (unpaired) electrons. The van der Waals surface area contributed by atoms with E-state index in [2.05, 4.69) is 5.16 Å². The van der Waals surface area contributed by atoms with E-state index in [1.54, 1.807) is 6.07 Å². The van der Waals surface area contributed by atoms with Crippen molar-refractivity contribution >= 4 is 11.0 Å². The molecule has 0 fully saturated rings. The molecule has 3 heteroatoms. The summed E-state index contributed by atoms with van der Waals surface area (Å²) in [5.74, 6) is 0.689. The average Bonchev–Trinajstić information content (AvgIpc) is 2.47. The zero-order chi connectivity index (χ0) is 14.1. The molecule has 1 N–H and O–H groups in total. The van der Waals surface area contributed by atoms with Crippen molar-refractivity contribution in [1.29, 1.82) is 0 Å². The highest BCUT2D eigenvalue weighted by Gasteiger charge is 2.06. The van der Waals surface area contributed by atoms with Gasteiger partial charge in [0.05, 0.1) is 0 Å². The monoisotopic (exact) mass is 265 g/mol. The van der Waals surface area contributed by atoms with Gasteiger partial charge in [-0.2, -0.15) is 0 Å². The van der Waals surface area contributed by atoms with Gasteiger partial charge in [0.15, 0.2) is 0 Å². The SMILES string of the molecule is Cc1ccc(-c2c/c(=N/O)c3cc(C)ccc3o2)cc1. The lowest BCUT2D eigenvalue weighted by atomic mass is 10.1. The van der Waals surface area contributed by atoms with Crippen LogP contribution in [0, 0.1) is 13.8 Å². The van der Waals surface area contributed by atoms with Crippen LogP contribution in [0.25, 0.3) is 22.3 Å². The molecule has 0 aliphatic rings. The Balaban J connectivity index is 2.28. The van der Waals surface area contributed by atoms with Gasteiger partial charge in [0, 0.05) is 17.0 Å². The van der Waals surface area contributed by atoms with Gasteiger partial charge in [-0.1, -0.05) is 46.6 Å². The van der Waals surface area contributed by atoms with Gasteiger partial charge in [-0.25, -0.2) is 0 Å². The Morgan fingerprint density at radius 1 is 0.900 bits per heavy atom. The molecule has 3 nitrogen and oxygen atoms in total. The van der Waals surface area contributed by atoms with Crippen LogP contribution in [0.4, 0.5) is 0 Å². The number of rotatable bonds is 1. The fraction of sp³-hybridized carbons (Fsp3) is 0.118. The average molecular weight is 265 g/mol. The van der Waals surface area contributed by atoms with Crippen molar-refractivity contribution in [3.8, 4) is 11.3 Å². The number of nitrogens with zero attached hydrogens (tertiary/aromatic N) is 1. The molecule has 0 saturated heterocycles. The molecule has 1 heterocycles. The lowest BCUT2D eigenvalue weighted by molar-refractivity contribution is 0.302. The van der Waals surface area contributed by atoms with E-state index in [1.165, 1.54) is 5.56 Å². The van der Waals surface area contributed by atoms with Gasteiger partial charge >= 0.3 is 0 Å². The predicted molar refractivity (Wildman–Crippen MR) is 78.5 cm³/mol. The molecule has 0 spiro atoms. The summed E-state index contributed by atoms with van der Waals surface area (Å²) < 4.78 is 5.91. The van der Waals surface area contributed by atoms with Crippen molar-refractivity contribution in [3.63, 3.8) is 0 Å². The van der Waals surface area contributed by atoms with Gasteiger partial charge in [-0.3, -0.25) is 0 Å². The topological polar surface area (TPSA) is 45.7 Å². The van der Waals surface area contributed by atoms with Crippen LogP contribution in [-0.4, -0.2) is 5.21 Å². The molecule has 20 heavy (non-hydrogen) atoms. The van der Waals surface area contributed by atoms with Crippen LogP contribution >= 0.6 is 0 Å². The molecule has 0 amide bonds. The van der Waals surface area contributed by atoms with E-state index in [0.717, 1.165) is 16.5 Å². The molecule has 0 aliphatic carbocycles. The first-order chi connectivity index (χ1) is 9.67. The molecule has 2 aromatic carbocycles. The van der Waals surface area contributed by atoms with E-state index in [4.69, 9.17) is 4.42 Å². The van der Waals surface area contributed by atoms with Gasteiger partial charge in [-0.15, -0.1) is 0 Å². The van der Waals surface area contributed by atoms with E-state index in [1.807, 2.05) is 56.3 Å². The molecule has 0 bridgehead atoms. The minimum atomic E-state index is 0.519. The third-order valence-corrected chi connectivity index (χ3v) is 3.34. The fourth-order valence-electron chi connectivity index (χ4n) is 2.23. The first-order valence-corrected chi connectivity index (χ1v) is 6.47.